The maximum atomic E-state index is 13.5. The van der Waals surface area contributed by atoms with Crippen LogP contribution in [0.25, 0.3) is 0 Å². The largest absolute Gasteiger partial charge is 0.480 e. The number of hydrogen-bond donors (Lipinski definition) is 3. The molecule has 0 spiro atoms. The number of rotatable bonds is 12. The number of carbonyl (C=O) groups excluding carboxylic acids is 4. The van der Waals surface area contributed by atoms with Gasteiger partial charge in [0.25, 0.3) is 0 Å². The molecule has 0 aromatic heterocycles. The SMILES string of the molecule is CCOC(=O)C[C@@H](C(=O)OCC)[C@@H](NC(=O)[C@@H](Cc1cccc(F)c1)NC(C)=O)C(=O)O. The van der Waals surface area contributed by atoms with Crippen LogP contribution in [0.15, 0.2) is 24.3 Å². The van der Waals surface area contributed by atoms with Gasteiger partial charge in [-0.15, -0.1) is 0 Å². The van der Waals surface area contributed by atoms with E-state index < -0.39 is 60.0 Å². The van der Waals surface area contributed by atoms with Gasteiger partial charge in [-0.25, -0.2) is 9.18 Å². The third kappa shape index (κ3) is 8.70. The molecule has 0 unspecified atom stereocenters. The van der Waals surface area contributed by atoms with Gasteiger partial charge in [0.05, 0.1) is 25.6 Å². The number of carbonyl (C=O) groups is 5. The molecule has 11 heteroatoms. The summed E-state index contributed by atoms with van der Waals surface area (Å²) in [7, 11) is 0. The van der Waals surface area contributed by atoms with E-state index in [2.05, 4.69) is 10.6 Å². The second kappa shape index (κ2) is 13.0. The number of nitrogens with one attached hydrogen (secondary N) is 2. The predicted molar refractivity (Wildman–Crippen MR) is 109 cm³/mol. The smallest absolute Gasteiger partial charge is 0.327 e. The number of ether oxygens (including phenoxy) is 2. The number of halogens is 1. The van der Waals surface area contributed by atoms with E-state index in [9.17, 15) is 33.5 Å². The Kier molecular flexibility index (Phi) is 10.8. The van der Waals surface area contributed by atoms with Gasteiger partial charge < -0.3 is 25.2 Å². The molecule has 0 saturated carbocycles. The lowest BCUT2D eigenvalue weighted by Crippen LogP contribution is -2.55. The van der Waals surface area contributed by atoms with E-state index in [0.29, 0.717) is 5.56 Å². The van der Waals surface area contributed by atoms with Crippen LogP contribution >= 0.6 is 0 Å². The molecule has 10 nitrogen and oxygen atoms in total. The minimum absolute atomic E-state index is 0.0106. The molecule has 0 aliphatic rings. The van der Waals surface area contributed by atoms with Crippen molar-refractivity contribution in [3.8, 4) is 0 Å². The average molecular weight is 454 g/mol. The number of hydrogen-bond acceptors (Lipinski definition) is 7. The second-order valence-corrected chi connectivity index (χ2v) is 6.78. The number of amides is 2. The summed E-state index contributed by atoms with van der Waals surface area (Å²) in [6.07, 6.45) is -0.782. The van der Waals surface area contributed by atoms with Crippen LogP contribution < -0.4 is 10.6 Å². The monoisotopic (exact) mass is 454 g/mol. The molecule has 0 aliphatic carbocycles. The maximum absolute atomic E-state index is 13.5. The van der Waals surface area contributed by atoms with E-state index in [-0.39, 0.29) is 19.6 Å². The normalized spacial score (nSPS) is 13.2. The first-order valence-corrected chi connectivity index (χ1v) is 9.95. The Morgan fingerprint density at radius 2 is 1.72 bits per heavy atom. The zero-order valence-corrected chi connectivity index (χ0v) is 18.1. The second-order valence-electron chi connectivity index (χ2n) is 6.78. The predicted octanol–water partition coefficient (Wildman–Crippen LogP) is 0.575. The van der Waals surface area contributed by atoms with Gasteiger partial charge >= 0.3 is 17.9 Å². The Morgan fingerprint density at radius 1 is 1.06 bits per heavy atom. The van der Waals surface area contributed by atoms with Crippen molar-refractivity contribution in [2.75, 3.05) is 13.2 Å². The molecule has 176 valence electrons. The summed E-state index contributed by atoms with van der Waals surface area (Å²) in [5.41, 5.74) is 0.374. The lowest BCUT2D eigenvalue weighted by Gasteiger charge is -2.25. The molecule has 3 atom stereocenters. The van der Waals surface area contributed by atoms with Gasteiger partial charge in [0.1, 0.15) is 17.9 Å². The summed E-state index contributed by atoms with van der Waals surface area (Å²) in [6.45, 7) is 4.13. The average Bonchev–Trinajstić information content (AvgIpc) is 2.69. The lowest BCUT2D eigenvalue weighted by molar-refractivity contribution is -0.160. The van der Waals surface area contributed by atoms with E-state index in [1.54, 1.807) is 0 Å². The van der Waals surface area contributed by atoms with Crippen molar-refractivity contribution in [1.82, 2.24) is 10.6 Å². The fourth-order valence-electron chi connectivity index (χ4n) is 2.93. The van der Waals surface area contributed by atoms with Crippen LogP contribution in [0.3, 0.4) is 0 Å². The van der Waals surface area contributed by atoms with Gasteiger partial charge in [0.15, 0.2) is 0 Å². The Balaban J connectivity index is 3.14. The van der Waals surface area contributed by atoms with E-state index in [4.69, 9.17) is 9.47 Å². The molecule has 0 aliphatic heterocycles. The molecule has 1 aromatic carbocycles. The van der Waals surface area contributed by atoms with Crippen molar-refractivity contribution in [2.24, 2.45) is 5.92 Å². The zero-order valence-electron chi connectivity index (χ0n) is 18.1. The summed E-state index contributed by atoms with van der Waals surface area (Å²) in [4.78, 5) is 60.5. The molecule has 1 aromatic rings. The minimum atomic E-state index is -1.84. The number of carboxylic acids is 1. The standard InChI is InChI=1S/C21H27FN2O8/c1-4-31-17(26)11-15(21(30)32-5-2)18(20(28)29)24-19(27)16(23-12(3)25)10-13-7-6-8-14(22)9-13/h6-9,15-16,18H,4-5,10-11H2,1-3H3,(H,23,25)(H,24,27)(H,28,29)/t15-,16-,18-/m1/s1. The molecule has 0 fully saturated rings. The molecule has 1 rings (SSSR count). The van der Waals surface area contributed by atoms with Crippen LogP contribution in [0.2, 0.25) is 0 Å². The van der Waals surface area contributed by atoms with E-state index >= 15 is 0 Å². The van der Waals surface area contributed by atoms with Gasteiger partial charge in [-0.3, -0.25) is 19.2 Å². The first-order valence-electron chi connectivity index (χ1n) is 9.95. The molecule has 0 radical (unpaired) electrons. The van der Waals surface area contributed by atoms with Gasteiger partial charge in [-0.1, -0.05) is 12.1 Å². The summed E-state index contributed by atoms with van der Waals surface area (Å²) in [5, 5.41) is 14.2. The van der Waals surface area contributed by atoms with Crippen LogP contribution in [0.4, 0.5) is 4.39 Å². The van der Waals surface area contributed by atoms with Crippen molar-refractivity contribution in [2.45, 2.75) is 45.7 Å². The highest BCUT2D eigenvalue weighted by atomic mass is 19.1. The zero-order chi connectivity index (χ0) is 24.3. The summed E-state index contributed by atoms with van der Waals surface area (Å²) >= 11 is 0. The quantitative estimate of drug-likeness (QED) is 0.388. The van der Waals surface area contributed by atoms with E-state index in [0.717, 1.165) is 6.92 Å². The van der Waals surface area contributed by atoms with Crippen LogP contribution in [0, 0.1) is 11.7 Å². The first-order chi connectivity index (χ1) is 15.1. The Bertz CT molecular complexity index is 845. The first kappa shape index (κ1) is 26.5. The molecule has 0 heterocycles. The van der Waals surface area contributed by atoms with Crippen LogP contribution in [0.1, 0.15) is 32.8 Å². The lowest BCUT2D eigenvalue weighted by atomic mass is 9.95. The van der Waals surface area contributed by atoms with Gasteiger partial charge in [-0.2, -0.15) is 0 Å². The maximum Gasteiger partial charge on any atom is 0.327 e. The summed E-state index contributed by atoms with van der Waals surface area (Å²) in [6, 6.07) is 2.22. The number of esters is 2. The number of carboxylic acid groups (broad SMARTS) is 1. The molecular formula is C21H27FN2O8. The molecule has 0 bridgehead atoms. The highest BCUT2D eigenvalue weighted by molar-refractivity contribution is 5.93. The van der Waals surface area contributed by atoms with Gasteiger partial charge in [-0.05, 0) is 31.5 Å². The van der Waals surface area contributed by atoms with Crippen LogP contribution in [-0.2, 0) is 39.9 Å². The highest BCUT2D eigenvalue weighted by Crippen LogP contribution is 2.15. The van der Waals surface area contributed by atoms with Gasteiger partial charge in [0.2, 0.25) is 11.8 Å². The Morgan fingerprint density at radius 3 is 2.25 bits per heavy atom. The minimum Gasteiger partial charge on any atom is -0.480 e. The van der Waals surface area contributed by atoms with Gasteiger partial charge in [0, 0.05) is 13.3 Å². The molecule has 3 N–H and O–H groups in total. The van der Waals surface area contributed by atoms with Crippen molar-refractivity contribution in [3.63, 3.8) is 0 Å². The fraction of sp³-hybridized carbons (Fsp3) is 0.476. The number of benzene rings is 1. The number of aliphatic carboxylic acids is 1. The third-order valence-corrected chi connectivity index (χ3v) is 4.27. The molecule has 0 saturated heterocycles. The topological polar surface area (TPSA) is 148 Å². The van der Waals surface area contributed by atoms with Crippen LogP contribution in [-0.4, -0.2) is 60.1 Å². The van der Waals surface area contributed by atoms with Crippen molar-refractivity contribution in [1.29, 1.82) is 0 Å². The molecular weight excluding hydrogens is 427 g/mol. The van der Waals surface area contributed by atoms with Crippen molar-refractivity contribution < 1.29 is 42.9 Å². The molecule has 2 amide bonds. The summed E-state index contributed by atoms with van der Waals surface area (Å²) < 4.78 is 23.1. The van der Waals surface area contributed by atoms with Crippen LogP contribution in [0.5, 0.6) is 0 Å². The van der Waals surface area contributed by atoms with Crippen molar-refractivity contribution in [3.05, 3.63) is 35.6 Å². The summed E-state index contributed by atoms with van der Waals surface area (Å²) in [5.74, 6) is -7.07. The van der Waals surface area contributed by atoms with Crippen molar-refractivity contribution >= 4 is 29.7 Å². The highest BCUT2D eigenvalue weighted by Gasteiger charge is 2.39. The Labute approximate surface area is 184 Å². The van der Waals surface area contributed by atoms with E-state index in [1.807, 2.05) is 0 Å². The van der Waals surface area contributed by atoms with E-state index in [1.165, 1.54) is 38.1 Å². The Hall–Kier alpha value is -3.50. The third-order valence-electron chi connectivity index (χ3n) is 4.27. The molecule has 32 heavy (non-hydrogen) atoms. The fourth-order valence-corrected chi connectivity index (χ4v) is 2.93.